The van der Waals surface area contributed by atoms with Crippen LogP contribution in [0.15, 0.2) is 50.9 Å². The van der Waals surface area contributed by atoms with Crippen molar-refractivity contribution in [3.63, 3.8) is 0 Å². The number of H-pyrrole nitrogens is 1. The SMILES string of the molecule is Cn1c(F)cc(=O)n(-c2cc(Oc3ccc[nH]c3=O)c(Cl)cc2F)c1=O. The second kappa shape index (κ2) is 6.60. The molecule has 0 aliphatic rings. The fraction of sp³-hybridized carbons (Fsp3) is 0.0625. The van der Waals surface area contributed by atoms with Crippen molar-refractivity contribution in [2.24, 2.45) is 7.05 Å². The molecule has 0 unspecified atom stereocenters. The van der Waals surface area contributed by atoms with Crippen molar-refractivity contribution in [1.82, 2.24) is 14.1 Å². The van der Waals surface area contributed by atoms with Crippen molar-refractivity contribution in [3.05, 3.63) is 84.5 Å². The topological polar surface area (TPSA) is 86.1 Å². The third kappa shape index (κ3) is 3.04. The minimum atomic E-state index is -1.10. The van der Waals surface area contributed by atoms with Gasteiger partial charge in [-0.05, 0) is 18.2 Å². The molecule has 1 aromatic carbocycles. The zero-order chi connectivity index (χ0) is 19.0. The van der Waals surface area contributed by atoms with Gasteiger partial charge in [0.1, 0.15) is 11.6 Å². The Morgan fingerprint density at radius 2 is 1.85 bits per heavy atom. The summed E-state index contributed by atoms with van der Waals surface area (Å²) in [5.41, 5.74) is -3.23. The van der Waals surface area contributed by atoms with Gasteiger partial charge in [-0.1, -0.05) is 11.6 Å². The number of rotatable bonds is 3. The maximum absolute atomic E-state index is 14.3. The number of pyridine rings is 1. The van der Waals surface area contributed by atoms with Crippen molar-refractivity contribution in [3.8, 4) is 17.2 Å². The van der Waals surface area contributed by atoms with Crippen molar-refractivity contribution in [2.45, 2.75) is 0 Å². The van der Waals surface area contributed by atoms with Crippen LogP contribution in [0.4, 0.5) is 8.78 Å². The van der Waals surface area contributed by atoms with Crippen molar-refractivity contribution >= 4 is 11.6 Å². The second-order valence-electron chi connectivity index (χ2n) is 5.18. The molecule has 0 aliphatic heterocycles. The summed E-state index contributed by atoms with van der Waals surface area (Å²) in [6.07, 6.45) is 1.38. The van der Waals surface area contributed by atoms with Gasteiger partial charge in [0.15, 0.2) is 5.75 Å². The van der Waals surface area contributed by atoms with E-state index in [2.05, 4.69) is 4.98 Å². The first-order chi connectivity index (χ1) is 12.3. The molecule has 0 spiro atoms. The van der Waals surface area contributed by atoms with Crippen LogP contribution in [0, 0.1) is 11.8 Å². The van der Waals surface area contributed by atoms with Gasteiger partial charge in [-0.3, -0.25) is 14.2 Å². The summed E-state index contributed by atoms with van der Waals surface area (Å²) in [4.78, 5) is 38.2. The lowest BCUT2D eigenvalue weighted by molar-refractivity contribution is 0.470. The zero-order valence-corrected chi connectivity index (χ0v) is 13.9. The maximum Gasteiger partial charge on any atom is 0.337 e. The van der Waals surface area contributed by atoms with E-state index in [0.29, 0.717) is 15.2 Å². The first-order valence-electron chi connectivity index (χ1n) is 7.13. The van der Waals surface area contributed by atoms with Crippen molar-refractivity contribution in [2.75, 3.05) is 0 Å². The van der Waals surface area contributed by atoms with Crippen LogP contribution in [0.5, 0.6) is 11.5 Å². The largest absolute Gasteiger partial charge is 0.450 e. The first-order valence-corrected chi connectivity index (χ1v) is 7.51. The summed E-state index contributed by atoms with van der Waals surface area (Å²) >= 11 is 5.92. The molecule has 0 amide bonds. The van der Waals surface area contributed by atoms with E-state index in [-0.39, 0.29) is 16.5 Å². The minimum absolute atomic E-state index is 0.133. The predicted octanol–water partition coefficient (Wildman–Crippen LogP) is 1.95. The quantitative estimate of drug-likeness (QED) is 0.703. The Labute approximate surface area is 148 Å². The number of hydrogen-bond donors (Lipinski definition) is 1. The van der Waals surface area contributed by atoms with E-state index in [4.69, 9.17) is 16.3 Å². The van der Waals surface area contributed by atoms with E-state index >= 15 is 0 Å². The summed E-state index contributed by atoms with van der Waals surface area (Å²) < 4.78 is 34.1. The monoisotopic (exact) mass is 381 g/mol. The molecule has 0 radical (unpaired) electrons. The molecular formula is C16H10ClF2N3O4. The number of halogens is 3. The molecule has 10 heteroatoms. The van der Waals surface area contributed by atoms with Gasteiger partial charge in [0.05, 0.1) is 16.8 Å². The number of aromatic nitrogens is 3. The summed E-state index contributed by atoms with van der Waals surface area (Å²) in [6, 6.07) is 5.18. The minimum Gasteiger partial charge on any atom is -0.450 e. The fourth-order valence-corrected chi connectivity index (χ4v) is 2.38. The van der Waals surface area contributed by atoms with Crippen LogP contribution in [-0.4, -0.2) is 14.1 Å². The average molecular weight is 382 g/mol. The van der Waals surface area contributed by atoms with Gasteiger partial charge in [-0.15, -0.1) is 0 Å². The molecule has 0 bridgehead atoms. The van der Waals surface area contributed by atoms with Gasteiger partial charge in [0, 0.05) is 19.3 Å². The van der Waals surface area contributed by atoms with Gasteiger partial charge < -0.3 is 9.72 Å². The molecule has 0 saturated heterocycles. The Balaban J connectivity index is 2.21. The first kappa shape index (κ1) is 17.6. The molecule has 0 fully saturated rings. The highest BCUT2D eigenvalue weighted by Crippen LogP contribution is 2.31. The molecule has 0 atom stereocenters. The molecule has 0 saturated carbocycles. The highest BCUT2D eigenvalue weighted by atomic mass is 35.5. The molecule has 7 nitrogen and oxygen atoms in total. The molecule has 3 rings (SSSR count). The molecular weight excluding hydrogens is 372 g/mol. The standard InChI is InChI=1S/C16H10ClF2N3O4/c1-21-13(19)7-14(23)22(16(21)25)10-6-12(8(17)5-9(10)18)26-11-3-2-4-20-15(11)24/h2-7H,1H3,(H,20,24). The third-order valence-corrected chi connectivity index (χ3v) is 3.80. The smallest absolute Gasteiger partial charge is 0.337 e. The highest BCUT2D eigenvalue weighted by Gasteiger charge is 2.18. The molecule has 2 heterocycles. The van der Waals surface area contributed by atoms with Crippen LogP contribution in [0.1, 0.15) is 0 Å². The van der Waals surface area contributed by atoms with Gasteiger partial charge in [0.2, 0.25) is 5.95 Å². The normalized spacial score (nSPS) is 10.8. The second-order valence-corrected chi connectivity index (χ2v) is 5.59. The Kier molecular flexibility index (Phi) is 4.47. The number of nitrogens with zero attached hydrogens (tertiary/aromatic N) is 2. The highest BCUT2D eigenvalue weighted by molar-refractivity contribution is 6.32. The Bertz CT molecular complexity index is 1180. The van der Waals surface area contributed by atoms with E-state index in [9.17, 15) is 23.2 Å². The van der Waals surface area contributed by atoms with Crippen LogP contribution < -0.4 is 21.5 Å². The van der Waals surface area contributed by atoms with Gasteiger partial charge in [-0.25, -0.2) is 13.8 Å². The lowest BCUT2D eigenvalue weighted by Crippen LogP contribution is -2.39. The molecule has 2 aromatic heterocycles. The number of aromatic amines is 1. The Hall–Kier alpha value is -3.20. The molecule has 26 heavy (non-hydrogen) atoms. The number of ether oxygens (including phenoxy) is 1. The van der Waals surface area contributed by atoms with Crippen LogP contribution >= 0.6 is 11.6 Å². The van der Waals surface area contributed by atoms with E-state index < -0.39 is 34.3 Å². The lowest BCUT2D eigenvalue weighted by Gasteiger charge is -2.12. The van der Waals surface area contributed by atoms with Crippen LogP contribution in [0.3, 0.4) is 0 Å². The van der Waals surface area contributed by atoms with Gasteiger partial charge >= 0.3 is 5.69 Å². The lowest BCUT2D eigenvalue weighted by atomic mass is 10.2. The zero-order valence-electron chi connectivity index (χ0n) is 13.1. The van der Waals surface area contributed by atoms with Crippen molar-refractivity contribution < 1.29 is 13.5 Å². The molecule has 1 N–H and O–H groups in total. The van der Waals surface area contributed by atoms with Crippen LogP contribution in [0.2, 0.25) is 5.02 Å². The molecule has 134 valence electrons. The van der Waals surface area contributed by atoms with Gasteiger partial charge in [-0.2, -0.15) is 4.39 Å². The number of nitrogens with one attached hydrogen (secondary N) is 1. The summed E-state index contributed by atoms with van der Waals surface area (Å²) in [7, 11) is 1.09. The average Bonchev–Trinajstić information content (AvgIpc) is 2.58. The predicted molar refractivity (Wildman–Crippen MR) is 89.3 cm³/mol. The van der Waals surface area contributed by atoms with E-state index in [1.165, 1.54) is 18.3 Å². The van der Waals surface area contributed by atoms with Crippen molar-refractivity contribution in [1.29, 1.82) is 0 Å². The molecule has 3 aromatic rings. The summed E-state index contributed by atoms with van der Waals surface area (Å²) in [5.74, 6) is -2.38. The Morgan fingerprint density at radius 3 is 2.54 bits per heavy atom. The van der Waals surface area contributed by atoms with Crippen LogP contribution in [0.25, 0.3) is 5.69 Å². The fourth-order valence-electron chi connectivity index (χ4n) is 2.19. The van der Waals surface area contributed by atoms with E-state index in [1.54, 1.807) is 0 Å². The van der Waals surface area contributed by atoms with E-state index in [1.807, 2.05) is 0 Å². The van der Waals surface area contributed by atoms with E-state index in [0.717, 1.165) is 19.2 Å². The Morgan fingerprint density at radius 1 is 1.12 bits per heavy atom. The van der Waals surface area contributed by atoms with Crippen LogP contribution in [-0.2, 0) is 7.05 Å². The third-order valence-electron chi connectivity index (χ3n) is 3.51. The van der Waals surface area contributed by atoms with Gasteiger partial charge in [0.25, 0.3) is 11.1 Å². The summed E-state index contributed by atoms with van der Waals surface area (Å²) in [6.45, 7) is 0. The number of hydrogen-bond acceptors (Lipinski definition) is 4. The number of benzene rings is 1. The maximum atomic E-state index is 14.3. The summed E-state index contributed by atoms with van der Waals surface area (Å²) in [5, 5.41) is -0.193. The molecule has 0 aliphatic carbocycles.